The van der Waals surface area contributed by atoms with Crippen LogP contribution in [0.3, 0.4) is 0 Å². The van der Waals surface area contributed by atoms with E-state index in [1.807, 2.05) is 60.1 Å². The molecular formula is C39H40F2N6O4S. The fourth-order valence-electron chi connectivity index (χ4n) is 7.39. The first-order chi connectivity index (χ1) is 25.0. The zero-order valence-corrected chi connectivity index (χ0v) is 30.5. The summed E-state index contributed by atoms with van der Waals surface area (Å²) in [6.45, 7) is 8.91. The van der Waals surface area contributed by atoms with Gasteiger partial charge in [-0.2, -0.15) is 5.10 Å². The summed E-state index contributed by atoms with van der Waals surface area (Å²) in [7, 11) is 5.11. The minimum atomic E-state index is -0.797. The summed E-state index contributed by atoms with van der Waals surface area (Å²) in [5, 5.41) is 10.5. The molecule has 2 aliphatic heterocycles. The molecule has 7 rings (SSSR count). The van der Waals surface area contributed by atoms with Crippen molar-refractivity contribution in [3.05, 3.63) is 89.0 Å². The van der Waals surface area contributed by atoms with E-state index in [9.17, 15) is 14.0 Å². The third-order valence-corrected chi connectivity index (χ3v) is 11.0. The zero-order valence-electron chi connectivity index (χ0n) is 29.7. The molecule has 2 amide bonds. The summed E-state index contributed by atoms with van der Waals surface area (Å²) >= 11 is 1.42. The van der Waals surface area contributed by atoms with E-state index in [4.69, 9.17) is 19.6 Å². The topological polar surface area (TPSA) is 102 Å². The number of thiophene rings is 1. The molecule has 2 aliphatic rings. The maximum Gasteiger partial charge on any atom is 0.246 e. The molecule has 2 aromatic carbocycles. The molecule has 0 saturated heterocycles. The van der Waals surface area contributed by atoms with Gasteiger partial charge in [0.1, 0.15) is 35.4 Å². The monoisotopic (exact) mass is 726 g/mol. The number of carbonyl (C=O) groups is 2. The van der Waals surface area contributed by atoms with E-state index < -0.39 is 11.6 Å². The van der Waals surface area contributed by atoms with Crippen LogP contribution in [0.5, 0.6) is 5.75 Å². The highest BCUT2D eigenvalue weighted by Crippen LogP contribution is 2.48. The molecule has 0 fully saturated rings. The van der Waals surface area contributed by atoms with Crippen molar-refractivity contribution in [1.82, 2.24) is 29.9 Å². The third kappa shape index (κ3) is 6.16. The van der Waals surface area contributed by atoms with Gasteiger partial charge in [-0.3, -0.25) is 19.2 Å². The van der Waals surface area contributed by atoms with Crippen molar-refractivity contribution in [3.8, 4) is 39.5 Å². The maximum absolute atomic E-state index is 16.2. The van der Waals surface area contributed by atoms with Gasteiger partial charge >= 0.3 is 0 Å². The minimum Gasteiger partial charge on any atom is -0.490 e. The number of nitrogens with one attached hydrogen (secondary N) is 1. The number of likely N-dealkylation sites (N-methyl/N-ethyl adjacent to an activating group) is 2. The molecule has 3 unspecified atom stereocenters. The lowest BCUT2D eigenvalue weighted by Gasteiger charge is -2.36. The summed E-state index contributed by atoms with van der Waals surface area (Å²) in [5.41, 5.74) is 5.87. The summed E-state index contributed by atoms with van der Waals surface area (Å²) in [5.74, 6) is -1.75. The highest BCUT2D eigenvalue weighted by atomic mass is 32.1. The van der Waals surface area contributed by atoms with Crippen LogP contribution < -0.4 is 10.1 Å². The van der Waals surface area contributed by atoms with Crippen LogP contribution in [0.4, 0.5) is 8.78 Å². The lowest BCUT2D eigenvalue weighted by atomic mass is 9.90. The average molecular weight is 727 g/mol. The Bertz CT molecular complexity index is 2220. The van der Waals surface area contributed by atoms with Crippen molar-refractivity contribution in [2.24, 2.45) is 0 Å². The number of benzene rings is 2. The number of carbonyl (C=O) groups excluding carboxylic acids is 2. The van der Waals surface area contributed by atoms with Crippen molar-refractivity contribution in [2.45, 2.75) is 44.9 Å². The van der Waals surface area contributed by atoms with Crippen LogP contribution in [0.2, 0.25) is 0 Å². The van der Waals surface area contributed by atoms with E-state index in [-0.39, 0.29) is 54.5 Å². The number of fused-ring (bicyclic) bond motifs is 3. The van der Waals surface area contributed by atoms with Gasteiger partial charge in [0.2, 0.25) is 11.8 Å². The van der Waals surface area contributed by atoms with Crippen LogP contribution in [0.1, 0.15) is 42.8 Å². The van der Waals surface area contributed by atoms with Gasteiger partial charge in [0.05, 0.1) is 41.7 Å². The number of aromatic nitrogens is 3. The number of nitrogens with zero attached hydrogens (tertiary/aromatic N) is 5. The average Bonchev–Trinajstić information content (AvgIpc) is 3.81. The molecule has 10 nitrogen and oxygen atoms in total. The molecule has 5 heterocycles. The van der Waals surface area contributed by atoms with Crippen molar-refractivity contribution in [2.75, 3.05) is 41.0 Å². The molecule has 0 saturated carbocycles. The summed E-state index contributed by atoms with van der Waals surface area (Å²) in [6.07, 6.45) is 1.89. The Kier molecular flexibility index (Phi) is 9.68. The standard InChI is InChI=1S/C39H40F2N6O4S/c1-7-33(48)46-19-21(2)47-30(22(46)3)18-29(44-47)37-35(34-28(41)16-26(40)17-32(34)51-12-11-50-6)38-27(10-13-52-38)36(43-37)24-9-8-23-15-31(39(49)42-4)45(5)20-25(23)14-24/h7-10,13-14,16-18,21-22,31H,1,11-12,15,19-20H2,2-6H3,(H,42,49). The first-order valence-electron chi connectivity index (χ1n) is 17.1. The second-order valence-corrected chi connectivity index (χ2v) is 14.2. The second-order valence-electron chi connectivity index (χ2n) is 13.3. The number of amides is 2. The maximum atomic E-state index is 16.2. The third-order valence-electron chi connectivity index (χ3n) is 10.1. The predicted octanol–water partition coefficient (Wildman–Crippen LogP) is 6.55. The van der Waals surface area contributed by atoms with Crippen LogP contribution in [0.15, 0.2) is 60.5 Å². The van der Waals surface area contributed by atoms with Crippen molar-refractivity contribution < 1.29 is 27.8 Å². The fourth-order valence-corrected chi connectivity index (χ4v) is 8.34. The number of halogens is 2. The molecule has 0 bridgehead atoms. The molecular weight excluding hydrogens is 687 g/mol. The number of hydrogen-bond donors (Lipinski definition) is 1. The Balaban J connectivity index is 1.46. The zero-order chi connectivity index (χ0) is 36.8. The van der Waals surface area contributed by atoms with Gasteiger partial charge in [0, 0.05) is 60.6 Å². The smallest absolute Gasteiger partial charge is 0.246 e. The van der Waals surface area contributed by atoms with Gasteiger partial charge in [-0.25, -0.2) is 13.8 Å². The SMILES string of the molecule is C=CC(=O)N1CC(C)n2nc(-c3nc(-c4ccc5c(c4)CN(C)C(C(=O)NC)C5)c4ccsc4c3-c3c(F)cc(F)cc3OCCOC)cc2C1C. The number of ether oxygens (including phenoxy) is 2. The quantitative estimate of drug-likeness (QED) is 0.136. The van der Waals surface area contributed by atoms with Crippen LogP contribution in [-0.4, -0.2) is 83.4 Å². The number of hydrogen-bond acceptors (Lipinski definition) is 8. The molecule has 5 aromatic rings. The lowest BCUT2D eigenvalue weighted by Crippen LogP contribution is -2.47. The Morgan fingerprint density at radius 2 is 1.88 bits per heavy atom. The molecule has 0 radical (unpaired) electrons. The molecule has 270 valence electrons. The van der Waals surface area contributed by atoms with Gasteiger partial charge in [-0.1, -0.05) is 18.7 Å². The number of rotatable bonds is 9. The Hall–Kier alpha value is -4.98. The van der Waals surface area contributed by atoms with Gasteiger partial charge in [-0.05, 0) is 68.1 Å². The first kappa shape index (κ1) is 35.4. The predicted molar refractivity (Wildman–Crippen MR) is 197 cm³/mol. The Morgan fingerprint density at radius 1 is 1.08 bits per heavy atom. The van der Waals surface area contributed by atoms with Crippen LogP contribution in [0.25, 0.3) is 43.9 Å². The normalized spacial score (nSPS) is 18.6. The van der Waals surface area contributed by atoms with Gasteiger partial charge in [-0.15, -0.1) is 11.3 Å². The van der Waals surface area contributed by atoms with Crippen molar-refractivity contribution in [3.63, 3.8) is 0 Å². The van der Waals surface area contributed by atoms with Gasteiger partial charge < -0.3 is 19.7 Å². The number of pyridine rings is 1. The number of methoxy groups -OCH3 is 1. The second kappa shape index (κ2) is 14.2. The minimum absolute atomic E-state index is 0.0241. The lowest BCUT2D eigenvalue weighted by molar-refractivity contribution is -0.129. The molecule has 3 atom stereocenters. The van der Waals surface area contributed by atoms with Crippen LogP contribution in [0, 0.1) is 11.6 Å². The summed E-state index contributed by atoms with van der Waals surface area (Å²) < 4.78 is 44.8. The molecule has 52 heavy (non-hydrogen) atoms. The first-order valence-corrected chi connectivity index (χ1v) is 18.0. The van der Waals surface area contributed by atoms with E-state index in [0.717, 1.165) is 38.5 Å². The van der Waals surface area contributed by atoms with E-state index in [1.165, 1.54) is 30.6 Å². The molecule has 0 spiro atoms. The molecule has 0 aliphatic carbocycles. The van der Waals surface area contributed by atoms with Crippen molar-refractivity contribution in [1.29, 1.82) is 0 Å². The van der Waals surface area contributed by atoms with Crippen LogP contribution in [-0.2, 0) is 27.3 Å². The Morgan fingerprint density at radius 3 is 2.63 bits per heavy atom. The highest BCUT2D eigenvalue weighted by Gasteiger charge is 2.34. The van der Waals surface area contributed by atoms with Crippen LogP contribution >= 0.6 is 11.3 Å². The van der Waals surface area contributed by atoms with E-state index in [2.05, 4.69) is 18.0 Å². The van der Waals surface area contributed by atoms with Gasteiger partial charge in [0.15, 0.2) is 0 Å². The van der Waals surface area contributed by atoms with E-state index >= 15 is 4.39 Å². The molecule has 13 heteroatoms. The Labute approximate surface area is 304 Å². The van der Waals surface area contributed by atoms with Gasteiger partial charge in [0.25, 0.3) is 0 Å². The molecule has 3 aromatic heterocycles. The van der Waals surface area contributed by atoms with E-state index in [1.54, 1.807) is 11.9 Å². The van der Waals surface area contributed by atoms with E-state index in [0.29, 0.717) is 42.2 Å². The highest BCUT2D eigenvalue weighted by molar-refractivity contribution is 7.18. The summed E-state index contributed by atoms with van der Waals surface area (Å²) in [6, 6.07) is 11.3. The van der Waals surface area contributed by atoms with Crippen molar-refractivity contribution >= 4 is 33.2 Å². The summed E-state index contributed by atoms with van der Waals surface area (Å²) in [4.78, 5) is 34.5. The largest absolute Gasteiger partial charge is 0.490 e. The fraction of sp³-hybridized carbons (Fsp3) is 0.333. The molecule has 1 N–H and O–H groups in total.